The predicted molar refractivity (Wildman–Crippen MR) is 87.0 cm³/mol. The standard InChI is InChI=1S/C13H16ClIN2OS/c14-12-10(15)11(8-3-1-2-4-8)16-13(17-12)9-7-19-6-5-18-9/h8-9H,1-7H2. The van der Waals surface area contributed by atoms with Gasteiger partial charge in [0.15, 0.2) is 5.82 Å². The summed E-state index contributed by atoms with van der Waals surface area (Å²) in [7, 11) is 0. The molecule has 1 unspecified atom stereocenters. The zero-order chi connectivity index (χ0) is 13.2. The molecule has 1 atom stereocenters. The van der Waals surface area contributed by atoms with Gasteiger partial charge in [-0.3, -0.25) is 0 Å². The van der Waals surface area contributed by atoms with Gasteiger partial charge in [0.2, 0.25) is 0 Å². The van der Waals surface area contributed by atoms with Crippen LogP contribution in [0.1, 0.15) is 49.2 Å². The topological polar surface area (TPSA) is 35.0 Å². The summed E-state index contributed by atoms with van der Waals surface area (Å²) in [6, 6.07) is 0. The molecule has 3 rings (SSSR count). The Morgan fingerprint density at radius 1 is 1.26 bits per heavy atom. The lowest BCUT2D eigenvalue weighted by molar-refractivity contribution is 0.0691. The van der Waals surface area contributed by atoms with E-state index in [-0.39, 0.29) is 6.10 Å². The number of hydrogen-bond acceptors (Lipinski definition) is 4. The summed E-state index contributed by atoms with van der Waals surface area (Å²) < 4.78 is 6.80. The summed E-state index contributed by atoms with van der Waals surface area (Å²) in [5.74, 6) is 3.33. The summed E-state index contributed by atoms with van der Waals surface area (Å²) in [4.78, 5) is 9.23. The van der Waals surface area contributed by atoms with Crippen molar-refractivity contribution in [2.24, 2.45) is 0 Å². The average molecular weight is 411 g/mol. The van der Waals surface area contributed by atoms with E-state index < -0.39 is 0 Å². The molecule has 2 heterocycles. The minimum absolute atomic E-state index is 0.00778. The Balaban J connectivity index is 1.92. The van der Waals surface area contributed by atoms with E-state index in [1.807, 2.05) is 11.8 Å². The van der Waals surface area contributed by atoms with Gasteiger partial charge in [0.05, 0.1) is 15.9 Å². The summed E-state index contributed by atoms with van der Waals surface area (Å²) in [5, 5.41) is 0.590. The average Bonchev–Trinajstić information content (AvgIpc) is 2.96. The molecule has 2 fully saturated rings. The van der Waals surface area contributed by atoms with Crippen molar-refractivity contribution in [3.05, 3.63) is 20.2 Å². The van der Waals surface area contributed by atoms with E-state index in [1.54, 1.807) is 0 Å². The highest BCUT2D eigenvalue weighted by Crippen LogP contribution is 2.37. The number of thioether (sulfide) groups is 1. The fraction of sp³-hybridized carbons (Fsp3) is 0.692. The highest BCUT2D eigenvalue weighted by molar-refractivity contribution is 14.1. The summed E-state index contributed by atoms with van der Waals surface area (Å²) in [6.07, 6.45) is 5.06. The third kappa shape index (κ3) is 3.19. The van der Waals surface area contributed by atoms with Gasteiger partial charge in [-0.25, -0.2) is 9.97 Å². The molecule has 1 aliphatic carbocycles. The van der Waals surface area contributed by atoms with Crippen molar-refractivity contribution in [1.29, 1.82) is 0 Å². The van der Waals surface area contributed by atoms with E-state index in [1.165, 1.54) is 25.7 Å². The van der Waals surface area contributed by atoms with Gasteiger partial charge in [-0.2, -0.15) is 11.8 Å². The quantitative estimate of drug-likeness (QED) is 0.541. The number of ether oxygens (including phenoxy) is 1. The van der Waals surface area contributed by atoms with E-state index in [0.29, 0.717) is 11.1 Å². The van der Waals surface area contributed by atoms with Crippen molar-refractivity contribution in [1.82, 2.24) is 9.97 Å². The van der Waals surface area contributed by atoms with Gasteiger partial charge in [0, 0.05) is 17.4 Å². The molecule has 0 radical (unpaired) electrons. The Bertz CT molecular complexity index is 462. The van der Waals surface area contributed by atoms with Crippen molar-refractivity contribution in [2.45, 2.75) is 37.7 Å². The van der Waals surface area contributed by atoms with Gasteiger partial charge in [-0.15, -0.1) is 0 Å². The second-order valence-electron chi connectivity index (χ2n) is 4.99. The molecular weight excluding hydrogens is 395 g/mol. The zero-order valence-corrected chi connectivity index (χ0v) is 14.3. The second-order valence-corrected chi connectivity index (χ2v) is 7.57. The van der Waals surface area contributed by atoms with E-state index >= 15 is 0 Å². The molecule has 0 N–H and O–H groups in total. The molecule has 3 nitrogen and oxygen atoms in total. The van der Waals surface area contributed by atoms with Crippen LogP contribution < -0.4 is 0 Å². The van der Waals surface area contributed by atoms with E-state index in [9.17, 15) is 0 Å². The van der Waals surface area contributed by atoms with Gasteiger partial charge in [0.1, 0.15) is 11.3 Å². The lowest BCUT2D eigenvalue weighted by Crippen LogP contribution is -2.19. The Kier molecular flexibility index (Phi) is 4.87. The first-order chi connectivity index (χ1) is 9.25. The van der Waals surface area contributed by atoms with Crippen LogP contribution in [0.4, 0.5) is 0 Å². The van der Waals surface area contributed by atoms with Crippen molar-refractivity contribution in [3.63, 3.8) is 0 Å². The van der Waals surface area contributed by atoms with Gasteiger partial charge in [0.25, 0.3) is 0 Å². The third-order valence-electron chi connectivity index (χ3n) is 3.70. The van der Waals surface area contributed by atoms with Gasteiger partial charge < -0.3 is 4.74 Å². The van der Waals surface area contributed by atoms with Crippen LogP contribution in [0.5, 0.6) is 0 Å². The van der Waals surface area contributed by atoms with Gasteiger partial charge in [-0.1, -0.05) is 24.4 Å². The van der Waals surface area contributed by atoms with Crippen molar-refractivity contribution < 1.29 is 4.74 Å². The van der Waals surface area contributed by atoms with Gasteiger partial charge in [-0.05, 0) is 35.4 Å². The fourth-order valence-corrected chi connectivity index (χ4v) is 4.41. The van der Waals surface area contributed by atoms with Crippen LogP contribution in [0.3, 0.4) is 0 Å². The van der Waals surface area contributed by atoms with Crippen molar-refractivity contribution >= 4 is 46.0 Å². The van der Waals surface area contributed by atoms with Crippen LogP contribution in [0, 0.1) is 3.57 Å². The molecule has 1 aromatic heterocycles. The minimum Gasteiger partial charge on any atom is -0.368 e. The summed E-state index contributed by atoms with van der Waals surface area (Å²) in [6.45, 7) is 0.779. The van der Waals surface area contributed by atoms with E-state index in [4.69, 9.17) is 21.3 Å². The van der Waals surface area contributed by atoms with Crippen LogP contribution >= 0.6 is 46.0 Å². The first-order valence-electron chi connectivity index (χ1n) is 6.68. The lowest BCUT2D eigenvalue weighted by Gasteiger charge is -2.22. The molecule has 0 aromatic carbocycles. The summed E-state index contributed by atoms with van der Waals surface area (Å²) >= 11 is 10.5. The molecule has 19 heavy (non-hydrogen) atoms. The SMILES string of the molecule is Clc1nc(C2CSCCO2)nc(C2CCCC2)c1I. The number of aromatic nitrogens is 2. The second kappa shape index (κ2) is 6.45. The maximum Gasteiger partial charge on any atom is 0.160 e. The monoisotopic (exact) mass is 410 g/mol. The molecule has 1 aliphatic heterocycles. The molecule has 6 heteroatoms. The molecule has 0 spiro atoms. The highest BCUT2D eigenvalue weighted by atomic mass is 127. The Morgan fingerprint density at radius 3 is 2.74 bits per heavy atom. The van der Waals surface area contributed by atoms with E-state index in [0.717, 1.165) is 33.2 Å². The predicted octanol–water partition coefficient (Wildman–Crippen LogP) is 4.20. The number of rotatable bonds is 2. The van der Waals surface area contributed by atoms with E-state index in [2.05, 4.69) is 27.6 Å². The molecule has 1 saturated carbocycles. The number of nitrogens with zero attached hydrogens (tertiary/aromatic N) is 2. The Labute approximate surface area is 136 Å². The van der Waals surface area contributed by atoms with Gasteiger partial charge >= 0.3 is 0 Å². The molecule has 0 bridgehead atoms. The number of hydrogen-bond donors (Lipinski definition) is 0. The largest absolute Gasteiger partial charge is 0.368 e. The molecule has 104 valence electrons. The molecule has 1 saturated heterocycles. The van der Waals surface area contributed by atoms with Crippen LogP contribution in [-0.2, 0) is 4.74 Å². The molecule has 2 aliphatic rings. The molecule has 1 aromatic rings. The van der Waals surface area contributed by atoms with Crippen LogP contribution in [0.25, 0.3) is 0 Å². The molecular formula is C13H16ClIN2OS. The minimum atomic E-state index is 0.00778. The van der Waals surface area contributed by atoms with Crippen LogP contribution in [0.2, 0.25) is 5.15 Å². The van der Waals surface area contributed by atoms with Crippen molar-refractivity contribution in [2.75, 3.05) is 18.1 Å². The molecule has 0 amide bonds. The highest BCUT2D eigenvalue weighted by Gasteiger charge is 2.26. The maximum atomic E-state index is 6.30. The lowest BCUT2D eigenvalue weighted by atomic mass is 10.0. The zero-order valence-electron chi connectivity index (χ0n) is 10.6. The normalized spacial score (nSPS) is 24.8. The summed E-state index contributed by atoms with van der Waals surface area (Å²) in [5.41, 5.74) is 1.15. The van der Waals surface area contributed by atoms with Crippen LogP contribution in [0.15, 0.2) is 0 Å². The number of halogens is 2. The smallest absolute Gasteiger partial charge is 0.160 e. The van der Waals surface area contributed by atoms with Crippen LogP contribution in [-0.4, -0.2) is 28.1 Å². The fourth-order valence-electron chi connectivity index (χ4n) is 2.70. The Morgan fingerprint density at radius 2 is 2.05 bits per heavy atom. The Hall–Kier alpha value is 0.410. The third-order valence-corrected chi connectivity index (χ3v) is 6.35. The first kappa shape index (κ1) is 14.4. The first-order valence-corrected chi connectivity index (χ1v) is 9.29. The van der Waals surface area contributed by atoms with Crippen molar-refractivity contribution in [3.8, 4) is 0 Å². The maximum absolute atomic E-state index is 6.30.